The van der Waals surface area contributed by atoms with Gasteiger partial charge in [-0.2, -0.15) is 0 Å². The molecule has 0 aliphatic carbocycles. The summed E-state index contributed by atoms with van der Waals surface area (Å²) in [7, 11) is 0. The van der Waals surface area contributed by atoms with Crippen LogP contribution in [-0.2, 0) is 11.3 Å². The summed E-state index contributed by atoms with van der Waals surface area (Å²) in [6.45, 7) is 0.897. The first-order valence-corrected chi connectivity index (χ1v) is 3.47. The van der Waals surface area contributed by atoms with Crippen molar-refractivity contribution in [3.05, 3.63) is 29.6 Å². The minimum absolute atomic E-state index is 0.203. The highest BCUT2D eigenvalue weighted by molar-refractivity contribution is 5.52. The minimum Gasteiger partial charge on any atom is -0.360 e. The van der Waals surface area contributed by atoms with Gasteiger partial charge in [0.1, 0.15) is 12.5 Å². The van der Waals surface area contributed by atoms with E-state index in [4.69, 9.17) is 4.74 Å². The highest BCUT2D eigenvalue weighted by Gasteiger charge is 2.11. The first-order valence-electron chi connectivity index (χ1n) is 3.47. The van der Waals surface area contributed by atoms with Gasteiger partial charge in [0.15, 0.2) is 0 Å². The van der Waals surface area contributed by atoms with Crippen LogP contribution >= 0.6 is 0 Å². The average Bonchev–Trinajstić information content (AvgIpc) is 2.06. The summed E-state index contributed by atoms with van der Waals surface area (Å²) in [5.41, 5.74) is 1.47. The van der Waals surface area contributed by atoms with Gasteiger partial charge in [0, 0.05) is 5.56 Å². The van der Waals surface area contributed by atoms with E-state index in [1.54, 1.807) is 6.07 Å². The fourth-order valence-corrected chi connectivity index (χ4v) is 1.17. The summed E-state index contributed by atoms with van der Waals surface area (Å²) in [4.78, 5) is 0. The van der Waals surface area contributed by atoms with Crippen LogP contribution in [0.25, 0.3) is 0 Å². The number of anilines is 1. The number of fused-ring (bicyclic) bond motifs is 1. The lowest BCUT2D eigenvalue weighted by molar-refractivity contribution is 0.130. The molecule has 2 nitrogen and oxygen atoms in total. The van der Waals surface area contributed by atoms with Crippen LogP contribution in [0.5, 0.6) is 0 Å². The van der Waals surface area contributed by atoms with Crippen LogP contribution in [0.4, 0.5) is 10.1 Å². The molecule has 0 fully saturated rings. The van der Waals surface area contributed by atoms with E-state index in [0.29, 0.717) is 19.0 Å². The molecule has 0 aromatic heterocycles. The zero-order chi connectivity index (χ0) is 7.68. The number of halogens is 1. The predicted molar refractivity (Wildman–Crippen MR) is 39.7 cm³/mol. The zero-order valence-electron chi connectivity index (χ0n) is 5.93. The molecular weight excluding hydrogens is 145 g/mol. The second-order valence-electron chi connectivity index (χ2n) is 2.44. The molecule has 0 bridgehead atoms. The van der Waals surface area contributed by atoms with Crippen LogP contribution in [0, 0.1) is 5.82 Å². The molecule has 0 saturated carbocycles. The number of benzene rings is 1. The molecule has 1 aliphatic rings. The highest BCUT2D eigenvalue weighted by atomic mass is 19.1. The van der Waals surface area contributed by atoms with Crippen LogP contribution in [0.2, 0.25) is 0 Å². The molecule has 1 aromatic carbocycles. The molecule has 0 unspecified atom stereocenters. The molecule has 58 valence electrons. The first-order chi connectivity index (χ1) is 5.38. The quantitative estimate of drug-likeness (QED) is 0.612. The number of hydrogen-bond donors (Lipinski definition) is 1. The molecule has 0 spiro atoms. The van der Waals surface area contributed by atoms with Crippen molar-refractivity contribution in [2.24, 2.45) is 0 Å². The molecule has 2 rings (SSSR count). The van der Waals surface area contributed by atoms with Gasteiger partial charge in [-0.3, -0.25) is 0 Å². The van der Waals surface area contributed by atoms with Crippen molar-refractivity contribution < 1.29 is 9.13 Å². The SMILES string of the molecule is Fc1cccc2c1NCOC2. The topological polar surface area (TPSA) is 21.3 Å². The van der Waals surface area contributed by atoms with E-state index >= 15 is 0 Å². The summed E-state index contributed by atoms with van der Waals surface area (Å²) in [6, 6.07) is 4.98. The second-order valence-corrected chi connectivity index (χ2v) is 2.44. The zero-order valence-corrected chi connectivity index (χ0v) is 5.93. The molecule has 1 heterocycles. The number of ether oxygens (including phenoxy) is 1. The Morgan fingerprint density at radius 3 is 3.18 bits per heavy atom. The van der Waals surface area contributed by atoms with E-state index < -0.39 is 0 Å². The summed E-state index contributed by atoms with van der Waals surface area (Å²) < 4.78 is 18.0. The molecule has 1 N–H and O–H groups in total. The Hall–Kier alpha value is -1.09. The van der Waals surface area contributed by atoms with Gasteiger partial charge in [0.2, 0.25) is 0 Å². The van der Waals surface area contributed by atoms with E-state index in [9.17, 15) is 4.39 Å². The first kappa shape index (κ1) is 6.61. The highest BCUT2D eigenvalue weighted by Crippen LogP contribution is 2.22. The van der Waals surface area contributed by atoms with Crippen molar-refractivity contribution in [1.29, 1.82) is 0 Å². The molecule has 1 aliphatic heterocycles. The maximum absolute atomic E-state index is 13.0. The van der Waals surface area contributed by atoms with Crippen molar-refractivity contribution in [3.63, 3.8) is 0 Å². The van der Waals surface area contributed by atoms with Crippen molar-refractivity contribution >= 4 is 5.69 Å². The number of hydrogen-bond acceptors (Lipinski definition) is 2. The fourth-order valence-electron chi connectivity index (χ4n) is 1.17. The second kappa shape index (κ2) is 2.51. The predicted octanol–water partition coefficient (Wildman–Crippen LogP) is 1.73. The van der Waals surface area contributed by atoms with Crippen LogP contribution in [0.1, 0.15) is 5.56 Å². The normalized spacial score (nSPS) is 15.4. The largest absolute Gasteiger partial charge is 0.360 e. The van der Waals surface area contributed by atoms with Crippen LogP contribution in [0.3, 0.4) is 0 Å². The Kier molecular flexibility index (Phi) is 1.51. The van der Waals surface area contributed by atoms with Gasteiger partial charge in [-0.1, -0.05) is 12.1 Å². The van der Waals surface area contributed by atoms with Gasteiger partial charge in [0.25, 0.3) is 0 Å². The summed E-state index contributed by atoms with van der Waals surface area (Å²) in [5, 5.41) is 2.83. The van der Waals surface area contributed by atoms with E-state index in [1.165, 1.54) is 6.07 Å². The van der Waals surface area contributed by atoms with Crippen LogP contribution in [-0.4, -0.2) is 6.73 Å². The Morgan fingerprint density at radius 1 is 1.45 bits per heavy atom. The summed E-state index contributed by atoms with van der Waals surface area (Å²) in [6.07, 6.45) is 0. The lowest BCUT2D eigenvalue weighted by Crippen LogP contribution is -2.15. The summed E-state index contributed by atoms with van der Waals surface area (Å²) >= 11 is 0. The Labute approximate surface area is 64.0 Å². The van der Waals surface area contributed by atoms with Gasteiger partial charge in [-0.25, -0.2) is 4.39 Å². The third-order valence-electron chi connectivity index (χ3n) is 1.71. The Morgan fingerprint density at radius 2 is 2.36 bits per heavy atom. The number of rotatable bonds is 0. The van der Waals surface area contributed by atoms with Gasteiger partial charge in [0.05, 0.1) is 12.3 Å². The smallest absolute Gasteiger partial charge is 0.146 e. The third kappa shape index (κ3) is 1.07. The van der Waals surface area contributed by atoms with Gasteiger partial charge >= 0.3 is 0 Å². The molecule has 1 aromatic rings. The number of nitrogens with one attached hydrogen (secondary N) is 1. The lowest BCUT2D eigenvalue weighted by atomic mass is 10.1. The molecule has 0 saturated heterocycles. The minimum atomic E-state index is -0.203. The van der Waals surface area contributed by atoms with Crippen LogP contribution in [0.15, 0.2) is 18.2 Å². The van der Waals surface area contributed by atoms with E-state index in [1.807, 2.05) is 6.07 Å². The summed E-state index contributed by atoms with van der Waals surface area (Å²) in [5.74, 6) is -0.203. The molecule has 0 amide bonds. The lowest BCUT2D eigenvalue weighted by Gasteiger charge is -2.18. The van der Waals surface area contributed by atoms with E-state index in [2.05, 4.69) is 5.32 Å². The van der Waals surface area contributed by atoms with Crippen molar-refractivity contribution in [2.45, 2.75) is 6.61 Å². The molecular formula is C8H8FNO. The van der Waals surface area contributed by atoms with Crippen molar-refractivity contribution in [3.8, 4) is 0 Å². The monoisotopic (exact) mass is 153 g/mol. The van der Waals surface area contributed by atoms with Gasteiger partial charge in [-0.15, -0.1) is 0 Å². The standard InChI is InChI=1S/C8H8FNO/c9-7-3-1-2-6-4-11-5-10-8(6)7/h1-3,10H,4-5H2. The molecule has 0 atom stereocenters. The van der Waals surface area contributed by atoms with Gasteiger partial charge < -0.3 is 10.1 Å². The van der Waals surface area contributed by atoms with E-state index in [0.717, 1.165) is 5.56 Å². The molecule has 0 radical (unpaired) electrons. The van der Waals surface area contributed by atoms with Crippen LogP contribution < -0.4 is 5.32 Å². The van der Waals surface area contributed by atoms with Crippen molar-refractivity contribution in [2.75, 3.05) is 12.0 Å². The molecule has 3 heteroatoms. The average molecular weight is 153 g/mol. The fraction of sp³-hybridized carbons (Fsp3) is 0.250. The van der Waals surface area contributed by atoms with Crippen molar-refractivity contribution in [1.82, 2.24) is 0 Å². The third-order valence-corrected chi connectivity index (χ3v) is 1.71. The molecule has 11 heavy (non-hydrogen) atoms. The maximum atomic E-state index is 13.0. The Bertz CT molecular complexity index is 275. The van der Waals surface area contributed by atoms with E-state index in [-0.39, 0.29) is 5.82 Å². The Balaban J connectivity index is 2.49. The maximum Gasteiger partial charge on any atom is 0.146 e. The number of para-hydroxylation sites is 1. The van der Waals surface area contributed by atoms with Gasteiger partial charge in [-0.05, 0) is 6.07 Å².